The summed E-state index contributed by atoms with van der Waals surface area (Å²) in [7, 11) is 0. The summed E-state index contributed by atoms with van der Waals surface area (Å²) in [6.07, 6.45) is 6.17. The molecule has 0 saturated carbocycles. The molecule has 1 aromatic heterocycles. The predicted molar refractivity (Wildman–Crippen MR) is 77.4 cm³/mol. The maximum Gasteiger partial charge on any atom is 0.0638 e. The summed E-state index contributed by atoms with van der Waals surface area (Å²) in [5.41, 5.74) is 3.46. The van der Waals surface area contributed by atoms with Crippen LogP contribution in [-0.4, -0.2) is 23.1 Å². The number of hydrogen-bond acceptors (Lipinski definition) is 3. The minimum Gasteiger partial charge on any atom is -0.371 e. The first-order valence-corrected chi connectivity index (χ1v) is 6.91. The fourth-order valence-corrected chi connectivity index (χ4v) is 2.77. The highest BCUT2D eigenvalue weighted by Gasteiger charge is 2.22. The number of aryl methyl sites for hydroxylation is 1. The Morgan fingerprint density at radius 1 is 1.16 bits per heavy atom. The zero-order valence-corrected chi connectivity index (χ0v) is 11.3. The number of hydrogen-bond donors (Lipinski definition) is 0. The van der Waals surface area contributed by atoms with Crippen molar-refractivity contribution in [2.24, 2.45) is 0 Å². The standard InChI is InChI=1S/C16H19N3/c1-13-10-17-11-16(18-13)14-6-5-9-19(12-14)15-7-3-2-4-8-15/h2-4,7-8,10-11,14H,5-6,9,12H2,1H3. The van der Waals surface area contributed by atoms with Crippen LogP contribution in [0.25, 0.3) is 0 Å². The topological polar surface area (TPSA) is 29.0 Å². The molecule has 1 saturated heterocycles. The average Bonchev–Trinajstić information content (AvgIpc) is 2.48. The zero-order valence-electron chi connectivity index (χ0n) is 11.3. The van der Waals surface area contributed by atoms with Crippen LogP contribution in [0.3, 0.4) is 0 Å². The van der Waals surface area contributed by atoms with Crippen molar-refractivity contribution in [3.05, 3.63) is 54.1 Å². The SMILES string of the molecule is Cc1cncc(C2CCCN(c3ccccc3)C2)n1. The Kier molecular flexibility index (Phi) is 3.45. The van der Waals surface area contributed by atoms with Gasteiger partial charge in [-0.15, -0.1) is 0 Å². The molecule has 0 radical (unpaired) electrons. The molecule has 3 heteroatoms. The quantitative estimate of drug-likeness (QED) is 0.823. The summed E-state index contributed by atoms with van der Waals surface area (Å²) in [5, 5.41) is 0. The van der Waals surface area contributed by atoms with Crippen molar-refractivity contribution in [3.8, 4) is 0 Å². The number of nitrogens with zero attached hydrogens (tertiary/aromatic N) is 3. The van der Waals surface area contributed by atoms with Gasteiger partial charge < -0.3 is 4.90 Å². The molecule has 19 heavy (non-hydrogen) atoms. The van der Waals surface area contributed by atoms with Gasteiger partial charge in [-0.3, -0.25) is 9.97 Å². The second-order valence-electron chi connectivity index (χ2n) is 5.21. The highest BCUT2D eigenvalue weighted by molar-refractivity contribution is 5.46. The van der Waals surface area contributed by atoms with Gasteiger partial charge in [-0.2, -0.15) is 0 Å². The number of piperidine rings is 1. The van der Waals surface area contributed by atoms with Crippen molar-refractivity contribution in [2.45, 2.75) is 25.7 Å². The summed E-state index contributed by atoms with van der Waals surface area (Å²) < 4.78 is 0. The van der Waals surface area contributed by atoms with E-state index >= 15 is 0 Å². The molecule has 2 aromatic rings. The van der Waals surface area contributed by atoms with Gasteiger partial charge >= 0.3 is 0 Å². The van der Waals surface area contributed by atoms with Gasteiger partial charge in [0.2, 0.25) is 0 Å². The molecule has 0 aliphatic carbocycles. The Bertz CT molecular complexity index is 539. The number of para-hydroxylation sites is 1. The molecule has 0 bridgehead atoms. The average molecular weight is 253 g/mol. The molecule has 0 amide bonds. The van der Waals surface area contributed by atoms with E-state index in [4.69, 9.17) is 0 Å². The first-order valence-electron chi connectivity index (χ1n) is 6.91. The molecule has 0 spiro atoms. The van der Waals surface area contributed by atoms with Crippen molar-refractivity contribution in [2.75, 3.05) is 18.0 Å². The van der Waals surface area contributed by atoms with Crippen LogP contribution in [0.1, 0.15) is 30.1 Å². The Morgan fingerprint density at radius 3 is 2.79 bits per heavy atom. The molecule has 1 aliphatic heterocycles. The highest BCUT2D eigenvalue weighted by atomic mass is 15.1. The number of benzene rings is 1. The lowest BCUT2D eigenvalue weighted by atomic mass is 9.94. The normalized spacial score (nSPS) is 19.4. The van der Waals surface area contributed by atoms with Crippen LogP contribution >= 0.6 is 0 Å². The molecule has 1 fully saturated rings. The number of anilines is 1. The minimum absolute atomic E-state index is 0.501. The Hall–Kier alpha value is -1.90. The lowest BCUT2D eigenvalue weighted by molar-refractivity contribution is 0.499. The molecule has 3 nitrogen and oxygen atoms in total. The lowest BCUT2D eigenvalue weighted by Crippen LogP contribution is -2.34. The van der Waals surface area contributed by atoms with Crippen molar-refractivity contribution in [3.63, 3.8) is 0 Å². The number of rotatable bonds is 2. The summed E-state index contributed by atoms with van der Waals surface area (Å²) in [4.78, 5) is 11.4. The van der Waals surface area contributed by atoms with E-state index in [2.05, 4.69) is 45.2 Å². The third-order valence-corrected chi connectivity index (χ3v) is 3.73. The fraction of sp³-hybridized carbons (Fsp3) is 0.375. The van der Waals surface area contributed by atoms with Gasteiger partial charge in [-0.25, -0.2) is 0 Å². The smallest absolute Gasteiger partial charge is 0.0638 e. The fourth-order valence-electron chi connectivity index (χ4n) is 2.77. The molecule has 1 aromatic carbocycles. The maximum atomic E-state index is 4.64. The Labute approximate surface area is 114 Å². The van der Waals surface area contributed by atoms with Crippen LogP contribution in [0.5, 0.6) is 0 Å². The molecule has 1 atom stereocenters. The molecule has 2 heterocycles. The van der Waals surface area contributed by atoms with Gasteiger partial charge in [-0.05, 0) is 31.9 Å². The first-order chi connectivity index (χ1) is 9.33. The summed E-state index contributed by atoms with van der Waals surface area (Å²) in [6.45, 7) is 4.19. The van der Waals surface area contributed by atoms with E-state index in [1.807, 2.05) is 19.3 Å². The van der Waals surface area contributed by atoms with Crippen molar-refractivity contribution >= 4 is 5.69 Å². The number of aromatic nitrogens is 2. The third kappa shape index (κ3) is 2.75. The van der Waals surface area contributed by atoms with Crippen LogP contribution < -0.4 is 4.90 Å². The van der Waals surface area contributed by atoms with Gasteiger partial charge in [0.25, 0.3) is 0 Å². The van der Waals surface area contributed by atoms with Gasteiger partial charge in [0.1, 0.15) is 0 Å². The van der Waals surface area contributed by atoms with E-state index in [9.17, 15) is 0 Å². The molecule has 1 aliphatic rings. The summed E-state index contributed by atoms with van der Waals surface area (Å²) in [5.74, 6) is 0.501. The van der Waals surface area contributed by atoms with Crippen LogP contribution in [0, 0.1) is 6.92 Å². The van der Waals surface area contributed by atoms with Crippen molar-refractivity contribution in [1.82, 2.24) is 9.97 Å². The van der Waals surface area contributed by atoms with Crippen LogP contribution in [0.2, 0.25) is 0 Å². The van der Waals surface area contributed by atoms with Gasteiger partial charge in [0.05, 0.1) is 11.4 Å². The largest absolute Gasteiger partial charge is 0.371 e. The van der Waals surface area contributed by atoms with Crippen molar-refractivity contribution < 1.29 is 0 Å². The highest BCUT2D eigenvalue weighted by Crippen LogP contribution is 2.28. The molecular weight excluding hydrogens is 234 g/mol. The van der Waals surface area contributed by atoms with Gasteiger partial charge in [0.15, 0.2) is 0 Å². The Balaban J connectivity index is 1.78. The minimum atomic E-state index is 0.501. The Morgan fingerprint density at radius 2 is 2.00 bits per heavy atom. The molecule has 98 valence electrons. The summed E-state index contributed by atoms with van der Waals surface area (Å²) >= 11 is 0. The molecule has 0 N–H and O–H groups in total. The van der Waals surface area contributed by atoms with Crippen LogP contribution in [-0.2, 0) is 0 Å². The predicted octanol–water partition coefficient (Wildman–Crippen LogP) is 3.17. The molecular formula is C16H19N3. The second kappa shape index (κ2) is 5.39. The summed E-state index contributed by atoms with van der Waals surface area (Å²) in [6, 6.07) is 10.6. The van der Waals surface area contributed by atoms with Crippen LogP contribution in [0.4, 0.5) is 5.69 Å². The van der Waals surface area contributed by atoms with E-state index in [1.165, 1.54) is 18.5 Å². The molecule has 1 unspecified atom stereocenters. The van der Waals surface area contributed by atoms with E-state index in [-0.39, 0.29) is 0 Å². The lowest BCUT2D eigenvalue weighted by Gasteiger charge is -2.34. The van der Waals surface area contributed by atoms with E-state index in [0.717, 1.165) is 24.5 Å². The zero-order chi connectivity index (χ0) is 13.1. The second-order valence-corrected chi connectivity index (χ2v) is 5.21. The van der Waals surface area contributed by atoms with Crippen LogP contribution in [0.15, 0.2) is 42.7 Å². The van der Waals surface area contributed by atoms with E-state index in [1.54, 1.807) is 0 Å². The monoisotopic (exact) mass is 253 g/mol. The van der Waals surface area contributed by atoms with E-state index in [0.29, 0.717) is 5.92 Å². The van der Waals surface area contributed by atoms with Crippen molar-refractivity contribution in [1.29, 1.82) is 0 Å². The van der Waals surface area contributed by atoms with E-state index < -0.39 is 0 Å². The first kappa shape index (κ1) is 12.2. The van der Waals surface area contributed by atoms with Gasteiger partial charge in [-0.1, -0.05) is 18.2 Å². The maximum absolute atomic E-state index is 4.64. The molecule has 3 rings (SSSR count). The van der Waals surface area contributed by atoms with Gasteiger partial charge in [0, 0.05) is 37.1 Å². The third-order valence-electron chi connectivity index (χ3n) is 3.73.